The van der Waals surface area contributed by atoms with Crippen molar-refractivity contribution in [3.05, 3.63) is 62.2 Å². The smallest absolute Gasteiger partial charge is 0.271 e. The van der Waals surface area contributed by atoms with Crippen LogP contribution in [0.2, 0.25) is 5.02 Å². The van der Waals surface area contributed by atoms with E-state index in [4.69, 9.17) is 11.6 Å². The van der Waals surface area contributed by atoms with E-state index in [1.807, 2.05) is 6.07 Å². The molecule has 3 heterocycles. The van der Waals surface area contributed by atoms with E-state index < -0.39 is 9.84 Å². The van der Waals surface area contributed by atoms with E-state index in [1.54, 1.807) is 24.3 Å². The molecule has 0 saturated heterocycles. The van der Waals surface area contributed by atoms with Gasteiger partial charge in [0.2, 0.25) is 0 Å². The van der Waals surface area contributed by atoms with E-state index in [0.717, 1.165) is 4.88 Å². The fourth-order valence-electron chi connectivity index (χ4n) is 4.01. The first-order chi connectivity index (χ1) is 14.7. The van der Waals surface area contributed by atoms with Gasteiger partial charge in [0.1, 0.15) is 4.21 Å². The van der Waals surface area contributed by atoms with Gasteiger partial charge in [-0.3, -0.25) is 9.69 Å². The average molecular weight is 476 g/mol. The van der Waals surface area contributed by atoms with Crippen molar-refractivity contribution < 1.29 is 8.42 Å². The normalized spacial score (nSPS) is 18.3. The number of aromatic nitrogens is 2. The summed E-state index contributed by atoms with van der Waals surface area (Å²) in [6, 6.07) is 11.0. The minimum absolute atomic E-state index is 0.0219. The van der Waals surface area contributed by atoms with Crippen molar-refractivity contribution in [1.29, 1.82) is 0 Å². The van der Waals surface area contributed by atoms with Crippen LogP contribution in [0.15, 0.2) is 45.4 Å². The van der Waals surface area contributed by atoms with Gasteiger partial charge in [-0.2, -0.15) is 9.78 Å². The number of benzene rings is 1. The summed E-state index contributed by atoms with van der Waals surface area (Å²) in [5.41, 5.74) is 2.13. The number of sulfone groups is 1. The lowest BCUT2D eigenvalue weighted by Crippen LogP contribution is -2.24. The zero-order chi connectivity index (χ0) is 21.9. The van der Waals surface area contributed by atoms with Crippen LogP contribution in [0.5, 0.6) is 0 Å². The van der Waals surface area contributed by atoms with Crippen molar-refractivity contribution in [1.82, 2.24) is 14.7 Å². The second-order valence-electron chi connectivity index (χ2n) is 8.24. The summed E-state index contributed by atoms with van der Waals surface area (Å²) < 4.78 is 27.8. The van der Waals surface area contributed by atoms with Crippen LogP contribution in [0, 0.1) is 0 Å². The van der Waals surface area contributed by atoms with Crippen LogP contribution in [0.25, 0.3) is 16.9 Å². The highest BCUT2D eigenvalue weighted by Crippen LogP contribution is 2.43. The fourth-order valence-corrected chi connectivity index (χ4v) is 7.34. The molecule has 0 bridgehead atoms. The molecule has 0 amide bonds. The van der Waals surface area contributed by atoms with Gasteiger partial charge in [-0.15, -0.1) is 11.3 Å². The summed E-state index contributed by atoms with van der Waals surface area (Å²) in [6.07, 6.45) is 2.64. The van der Waals surface area contributed by atoms with E-state index in [0.29, 0.717) is 37.8 Å². The molecule has 2 aliphatic rings. The first-order valence-electron chi connectivity index (χ1n) is 10.2. The molecule has 1 saturated carbocycles. The number of hydrogen-bond acceptors (Lipinski definition) is 6. The molecule has 0 radical (unpaired) electrons. The second-order valence-corrected chi connectivity index (χ2v) is 12.1. The van der Waals surface area contributed by atoms with E-state index in [-0.39, 0.29) is 23.8 Å². The predicted molar refractivity (Wildman–Crippen MR) is 123 cm³/mol. The van der Waals surface area contributed by atoms with Crippen molar-refractivity contribution >= 4 is 32.8 Å². The summed E-state index contributed by atoms with van der Waals surface area (Å²) in [5.74, 6) is -0.0219. The molecule has 1 aromatic carbocycles. The molecular formula is C22H22ClN3O3S2. The predicted octanol–water partition coefficient (Wildman–Crippen LogP) is 4.10. The molecule has 9 heteroatoms. The third-order valence-electron chi connectivity index (χ3n) is 6.12. The van der Waals surface area contributed by atoms with Gasteiger partial charge >= 0.3 is 0 Å². The molecule has 6 nitrogen and oxygen atoms in total. The highest BCUT2D eigenvalue weighted by Gasteiger charge is 2.34. The number of aryl methyl sites for hydroxylation is 1. The summed E-state index contributed by atoms with van der Waals surface area (Å²) in [6.45, 7) is 2.11. The zero-order valence-electron chi connectivity index (χ0n) is 17.2. The Morgan fingerprint density at radius 1 is 1.23 bits per heavy atom. The monoisotopic (exact) mass is 475 g/mol. The Kier molecular flexibility index (Phi) is 5.08. The Labute approximate surface area is 190 Å². The lowest BCUT2D eigenvalue weighted by atomic mass is 10.1. The van der Waals surface area contributed by atoms with Crippen LogP contribution in [-0.2, 0) is 16.3 Å². The minimum Gasteiger partial charge on any atom is -0.296 e. The van der Waals surface area contributed by atoms with Gasteiger partial charge in [-0.05, 0) is 69.1 Å². The maximum absolute atomic E-state index is 13.1. The maximum atomic E-state index is 13.1. The Morgan fingerprint density at radius 2 is 1.94 bits per heavy atom. The lowest BCUT2D eigenvalue weighted by molar-refractivity contribution is 0.254. The second kappa shape index (κ2) is 7.55. The molecule has 0 N–H and O–H groups in total. The molecule has 3 aromatic rings. The number of thiophene rings is 1. The molecule has 5 rings (SSSR count). The van der Waals surface area contributed by atoms with Crippen LogP contribution in [-0.4, -0.2) is 41.9 Å². The van der Waals surface area contributed by atoms with Gasteiger partial charge in [-0.25, -0.2) is 8.42 Å². The molecule has 1 aliphatic heterocycles. The average Bonchev–Trinajstić information content (AvgIpc) is 3.50. The summed E-state index contributed by atoms with van der Waals surface area (Å²) >= 11 is 7.32. The largest absolute Gasteiger partial charge is 0.296 e. The minimum atomic E-state index is -3.45. The Hall–Kier alpha value is -2.00. The molecule has 1 aliphatic carbocycles. The molecule has 1 atom stereocenters. The SMILES string of the molecule is C[C@H](c1cc2c(s1)S(=O)(=O)CCc1cc(=O)n(-c3ccc(Cl)cc3)nc1-2)N(C)C1CC1. The van der Waals surface area contributed by atoms with Gasteiger partial charge in [-0.1, -0.05) is 11.6 Å². The highest BCUT2D eigenvalue weighted by molar-refractivity contribution is 7.93. The standard InChI is InChI=1S/C22H22ClN3O3S2/c1-13(25(2)16-7-8-16)19-12-18-21-14(9-10-31(28,29)22(18)30-19)11-20(27)26(24-21)17-5-3-15(23)4-6-17/h3-6,11-13,16H,7-10H2,1-2H3/t13-/m1/s1. The van der Waals surface area contributed by atoms with Crippen molar-refractivity contribution in [3.8, 4) is 16.9 Å². The maximum Gasteiger partial charge on any atom is 0.271 e. The van der Waals surface area contributed by atoms with Gasteiger partial charge in [0.05, 0.1) is 17.1 Å². The van der Waals surface area contributed by atoms with E-state index in [2.05, 4.69) is 24.0 Å². The van der Waals surface area contributed by atoms with Gasteiger partial charge in [0, 0.05) is 33.6 Å². The first kappa shape index (κ1) is 20.9. The van der Waals surface area contributed by atoms with Crippen molar-refractivity contribution in [2.24, 2.45) is 0 Å². The number of hydrogen-bond donors (Lipinski definition) is 0. The summed E-state index contributed by atoms with van der Waals surface area (Å²) in [5, 5.41) is 5.20. The molecule has 31 heavy (non-hydrogen) atoms. The van der Waals surface area contributed by atoms with Crippen molar-refractivity contribution in [3.63, 3.8) is 0 Å². The van der Waals surface area contributed by atoms with Crippen molar-refractivity contribution in [2.75, 3.05) is 12.8 Å². The lowest BCUT2D eigenvalue weighted by Gasteiger charge is -2.23. The number of halogens is 1. The third-order valence-corrected chi connectivity index (χ3v) is 10.0. The molecule has 2 aromatic heterocycles. The van der Waals surface area contributed by atoms with Crippen LogP contribution >= 0.6 is 22.9 Å². The highest BCUT2D eigenvalue weighted by atomic mass is 35.5. The van der Waals surface area contributed by atoms with Crippen LogP contribution in [0.3, 0.4) is 0 Å². The molecule has 0 spiro atoms. The van der Waals surface area contributed by atoms with Crippen LogP contribution in [0.4, 0.5) is 0 Å². The van der Waals surface area contributed by atoms with E-state index >= 15 is 0 Å². The van der Waals surface area contributed by atoms with E-state index in [9.17, 15) is 13.2 Å². The summed E-state index contributed by atoms with van der Waals surface area (Å²) in [4.78, 5) is 16.1. The number of nitrogens with zero attached hydrogens (tertiary/aromatic N) is 3. The topological polar surface area (TPSA) is 72.3 Å². The summed E-state index contributed by atoms with van der Waals surface area (Å²) in [7, 11) is -1.36. The Balaban J connectivity index is 1.68. The molecule has 162 valence electrons. The number of fused-ring (bicyclic) bond motifs is 3. The molecular weight excluding hydrogens is 454 g/mol. The molecule has 0 unspecified atom stereocenters. The quantitative estimate of drug-likeness (QED) is 0.568. The molecule has 1 fully saturated rings. The van der Waals surface area contributed by atoms with Gasteiger partial charge < -0.3 is 0 Å². The Morgan fingerprint density at radius 3 is 2.61 bits per heavy atom. The van der Waals surface area contributed by atoms with E-state index in [1.165, 1.54) is 34.9 Å². The van der Waals surface area contributed by atoms with Crippen LogP contribution < -0.4 is 5.56 Å². The Bertz CT molecular complexity index is 1330. The van der Waals surface area contributed by atoms with Gasteiger partial charge in [0.15, 0.2) is 9.84 Å². The van der Waals surface area contributed by atoms with Crippen molar-refractivity contribution in [2.45, 2.75) is 42.5 Å². The third kappa shape index (κ3) is 3.75. The number of rotatable bonds is 4. The van der Waals surface area contributed by atoms with Gasteiger partial charge in [0.25, 0.3) is 5.56 Å². The van der Waals surface area contributed by atoms with Crippen LogP contribution in [0.1, 0.15) is 36.2 Å². The first-order valence-corrected chi connectivity index (χ1v) is 13.1. The fraction of sp³-hybridized carbons (Fsp3) is 0.364. The zero-order valence-corrected chi connectivity index (χ0v) is 19.6.